The van der Waals surface area contributed by atoms with Crippen LogP contribution in [0.5, 0.6) is 0 Å². The van der Waals surface area contributed by atoms with Gasteiger partial charge in [-0.15, -0.1) is 0 Å². The van der Waals surface area contributed by atoms with E-state index in [4.69, 9.17) is 5.11 Å². The van der Waals surface area contributed by atoms with Gasteiger partial charge in [-0.05, 0) is 29.8 Å². The zero-order valence-electron chi connectivity index (χ0n) is 13.8. The summed E-state index contributed by atoms with van der Waals surface area (Å²) in [6.07, 6.45) is 1.44. The van der Waals surface area contributed by atoms with E-state index in [0.717, 1.165) is 18.2 Å². The van der Waals surface area contributed by atoms with Gasteiger partial charge in [-0.2, -0.15) is 0 Å². The third-order valence-corrected chi connectivity index (χ3v) is 4.50. The van der Waals surface area contributed by atoms with Crippen LogP contribution in [0, 0.1) is 11.6 Å². The number of carboxylic acids is 1. The molecule has 1 aromatic heterocycles. The standard InChI is InChI=1S/C19H13F2N3O3/c20-12-5-6-14(21)15(7-12)24-9-22-17-13(8-16(25)23-18(17)24)10-1-3-11(4-2-10)19(26)27/h1-7,9,13H,8H2,(H,23,25)(H,26,27). The first-order valence-corrected chi connectivity index (χ1v) is 8.10. The van der Waals surface area contributed by atoms with Gasteiger partial charge >= 0.3 is 5.97 Å². The second-order valence-electron chi connectivity index (χ2n) is 6.18. The summed E-state index contributed by atoms with van der Waals surface area (Å²) < 4.78 is 29.0. The lowest BCUT2D eigenvalue weighted by molar-refractivity contribution is -0.116. The number of rotatable bonds is 3. The molecule has 2 heterocycles. The highest BCUT2D eigenvalue weighted by atomic mass is 19.1. The second-order valence-corrected chi connectivity index (χ2v) is 6.18. The number of carboxylic acid groups (broad SMARTS) is 1. The number of aromatic nitrogens is 2. The van der Waals surface area contributed by atoms with Crippen molar-refractivity contribution in [1.82, 2.24) is 9.55 Å². The molecule has 1 atom stereocenters. The summed E-state index contributed by atoms with van der Waals surface area (Å²) in [6.45, 7) is 0. The highest BCUT2D eigenvalue weighted by Gasteiger charge is 2.31. The van der Waals surface area contributed by atoms with E-state index >= 15 is 0 Å². The molecule has 2 N–H and O–H groups in total. The molecule has 1 unspecified atom stereocenters. The molecule has 0 spiro atoms. The minimum atomic E-state index is -1.05. The minimum absolute atomic E-state index is 0.0640. The number of halogens is 2. The zero-order chi connectivity index (χ0) is 19.1. The molecule has 0 fully saturated rings. The summed E-state index contributed by atoms with van der Waals surface area (Å²) in [5.74, 6) is -2.77. The molecule has 3 aromatic rings. The topological polar surface area (TPSA) is 84.2 Å². The molecular weight excluding hydrogens is 356 g/mol. The van der Waals surface area contributed by atoms with E-state index in [2.05, 4.69) is 10.3 Å². The number of benzene rings is 2. The largest absolute Gasteiger partial charge is 0.478 e. The highest BCUT2D eigenvalue weighted by molar-refractivity contribution is 5.94. The minimum Gasteiger partial charge on any atom is -0.478 e. The van der Waals surface area contributed by atoms with E-state index in [-0.39, 0.29) is 29.4 Å². The summed E-state index contributed by atoms with van der Waals surface area (Å²) in [5, 5.41) is 11.7. The van der Waals surface area contributed by atoms with Crippen molar-refractivity contribution in [3.8, 4) is 5.69 Å². The molecule has 1 aliphatic heterocycles. The third-order valence-electron chi connectivity index (χ3n) is 4.50. The monoisotopic (exact) mass is 369 g/mol. The van der Waals surface area contributed by atoms with Gasteiger partial charge in [-0.3, -0.25) is 9.36 Å². The summed E-state index contributed by atoms with van der Waals surface area (Å²) in [7, 11) is 0. The Kier molecular flexibility index (Phi) is 3.95. The third kappa shape index (κ3) is 2.95. The fourth-order valence-electron chi connectivity index (χ4n) is 3.19. The van der Waals surface area contributed by atoms with Crippen molar-refractivity contribution in [1.29, 1.82) is 0 Å². The van der Waals surface area contributed by atoms with Gasteiger partial charge in [0.05, 0.1) is 16.9 Å². The van der Waals surface area contributed by atoms with Crippen molar-refractivity contribution in [2.75, 3.05) is 5.32 Å². The molecule has 1 amide bonds. The van der Waals surface area contributed by atoms with Crippen molar-refractivity contribution >= 4 is 17.7 Å². The molecule has 6 nitrogen and oxygen atoms in total. The molecule has 27 heavy (non-hydrogen) atoms. The van der Waals surface area contributed by atoms with Crippen LogP contribution >= 0.6 is 0 Å². The van der Waals surface area contributed by atoms with Crippen LogP contribution in [0.25, 0.3) is 5.69 Å². The van der Waals surface area contributed by atoms with Crippen molar-refractivity contribution in [3.05, 3.63) is 77.2 Å². The molecule has 0 radical (unpaired) electrons. The summed E-state index contributed by atoms with van der Waals surface area (Å²) >= 11 is 0. The molecule has 2 aromatic carbocycles. The number of carbonyl (C=O) groups is 2. The lowest BCUT2D eigenvalue weighted by Crippen LogP contribution is -2.25. The predicted octanol–water partition coefficient (Wildman–Crippen LogP) is 3.32. The van der Waals surface area contributed by atoms with Crippen molar-refractivity contribution < 1.29 is 23.5 Å². The molecular formula is C19H13F2N3O3. The molecule has 1 aliphatic rings. The Labute approximate surface area is 152 Å². The first kappa shape index (κ1) is 16.9. The van der Waals surface area contributed by atoms with Crippen LogP contribution in [0.15, 0.2) is 48.8 Å². The van der Waals surface area contributed by atoms with Gasteiger partial charge in [0.2, 0.25) is 5.91 Å². The predicted molar refractivity (Wildman–Crippen MR) is 92.0 cm³/mol. The Balaban J connectivity index is 1.80. The van der Waals surface area contributed by atoms with Gasteiger partial charge in [0, 0.05) is 18.4 Å². The van der Waals surface area contributed by atoms with E-state index < -0.39 is 23.5 Å². The summed E-state index contributed by atoms with van der Waals surface area (Å²) in [6, 6.07) is 9.18. The summed E-state index contributed by atoms with van der Waals surface area (Å²) in [4.78, 5) is 27.5. The number of nitrogens with zero attached hydrogens (tertiary/aromatic N) is 2. The number of imidazole rings is 1. The highest BCUT2D eigenvalue weighted by Crippen LogP contribution is 2.37. The number of hydrogen-bond acceptors (Lipinski definition) is 3. The van der Waals surface area contributed by atoms with Crippen LogP contribution in [0.2, 0.25) is 0 Å². The van der Waals surface area contributed by atoms with Gasteiger partial charge in [-0.1, -0.05) is 12.1 Å². The number of amides is 1. The molecule has 0 aliphatic carbocycles. The van der Waals surface area contributed by atoms with E-state index in [1.807, 2.05) is 0 Å². The number of fused-ring (bicyclic) bond motifs is 1. The average molecular weight is 369 g/mol. The number of hydrogen-bond donors (Lipinski definition) is 2. The Bertz CT molecular complexity index is 1060. The first-order valence-electron chi connectivity index (χ1n) is 8.10. The van der Waals surface area contributed by atoms with Crippen molar-refractivity contribution in [2.45, 2.75) is 12.3 Å². The van der Waals surface area contributed by atoms with E-state index in [9.17, 15) is 18.4 Å². The Morgan fingerprint density at radius 3 is 2.63 bits per heavy atom. The van der Waals surface area contributed by atoms with Gasteiger partial charge in [0.25, 0.3) is 0 Å². The van der Waals surface area contributed by atoms with Gasteiger partial charge in [-0.25, -0.2) is 18.6 Å². The number of nitrogens with one attached hydrogen (secondary N) is 1. The normalized spacial score (nSPS) is 15.9. The quantitative estimate of drug-likeness (QED) is 0.742. The Morgan fingerprint density at radius 1 is 1.19 bits per heavy atom. The second kappa shape index (κ2) is 6.31. The molecule has 136 valence electrons. The van der Waals surface area contributed by atoms with Crippen molar-refractivity contribution in [2.24, 2.45) is 0 Å². The Hall–Kier alpha value is -3.55. The van der Waals surface area contributed by atoms with Crippen LogP contribution in [-0.4, -0.2) is 26.5 Å². The fraction of sp³-hybridized carbons (Fsp3) is 0.105. The van der Waals surface area contributed by atoms with Crippen molar-refractivity contribution in [3.63, 3.8) is 0 Å². The number of anilines is 1. The molecule has 0 bridgehead atoms. The average Bonchev–Trinajstić information content (AvgIpc) is 3.06. The van der Waals surface area contributed by atoms with Crippen LogP contribution in [0.1, 0.15) is 34.0 Å². The molecule has 0 saturated carbocycles. The maximum Gasteiger partial charge on any atom is 0.335 e. The Morgan fingerprint density at radius 2 is 1.93 bits per heavy atom. The van der Waals surface area contributed by atoms with Crippen LogP contribution in [0.3, 0.4) is 0 Å². The lowest BCUT2D eigenvalue weighted by atomic mass is 9.89. The number of aromatic carboxylic acids is 1. The number of carbonyl (C=O) groups excluding carboxylic acids is 1. The van der Waals surface area contributed by atoms with E-state index in [0.29, 0.717) is 11.3 Å². The molecule has 4 rings (SSSR count). The van der Waals surface area contributed by atoms with E-state index in [1.54, 1.807) is 12.1 Å². The molecule has 8 heteroatoms. The van der Waals surface area contributed by atoms with E-state index in [1.165, 1.54) is 23.0 Å². The van der Waals surface area contributed by atoms with Gasteiger partial charge < -0.3 is 10.4 Å². The maximum absolute atomic E-state index is 14.2. The zero-order valence-corrected chi connectivity index (χ0v) is 13.8. The fourth-order valence-corrected chi connectivity index (χ4v) is 3.19. The van der Waals surface area contributed by atoms with Gasteiger partial charge in [0.15, 0.2) is 0 Å². The van der Waals surface area contributed by atoms with Crippen LogP contribution < -0.4 is 5.32 Å². The van der Waals surface area contributed by atoms with Crippen LogP contribution in [0.4, 0.5) is 14.6 Å². The first-order chi connectivity index (χ1) is 12.9. The lowest BCUT2D eigenvalue weighted by Gasteiger charge is -2.23. The summed E-state index contributed by atoms with van der Waals surface area (Å²) in [5.41, 5.74) is 1.28. The maximum atomic E-state index is 14.2. The SMILES string of the molecule is O=C1CC(c2ccc(C(=O)O)cc2)c2ncn(-c3cc(F)ccc3F)c2N1. The van der Waals surface area contributed by atoms with Crippen LogP contribution in [-0.2, 0) is 4.79 Å². The van der Waals surface area contributed by atoms with Gasteiger partial charge in [0.1, 0.15) is 23.8 Å². The smallest absolute Gasteiger partial charge is 0.335 e. The molecule has 0 saturated heterocycles.